The molecule has 1 aromatic rings. The Morgan fingerprint density at radius 3 is 2.95 bits per heavy atom. The Bertz CT molecular complexity index is 450. The van der Waals surface area contributed by atoms with Crippen molar-refractivity contribution in [1.29, 1.82) is 0 Å². The second-order valence-corrected chi connectivity index (χ2v) is 6.18. The lowest BCUT2D eigenvalue weighted by Gasteiger charge is -2.35. The van der Waals surface area contributed by atoms with Crippen LogP contribution in [0.5, 0.6) is 0 Å². The Kier molecular flexibility index (Phi) is 6.34. The summed E-state index contributed by atoms with van der Waals surface area (Å²) in [6.45, 7) is 6.97. The van der Waals surface area contributed by atoms with E-state index in [4.69, 9.17) is 22.1 Å². The zero-order valence-electron chi connectivity index (χ0n) is 13.1. The maximum atomic E-state index is 6.43. The summed E-state index contributed by atoms with van der Waals surface area (Å²) < 4.78 is 5.81. The molecular weight excluding hydrogens is 284 g/mol. The van der Waals surface area contributed by atoms with Crippen molar-refractivity contribution in [3.8, 4) is 0 Å². The Balaban J connectivity index is 2.19. The molecule has 0 aliphatic carbocycles. The molecule has 1 saturated heterocycles. The number of nitrogens with zero attached hydrogens (tertiary/aromatic N) is 1. The second kappa shape index (κ2) is 8.02. The van der Waals surface area contributed by atoms with E-state index < -0.39 is 0 Å². The zero-order chi connectivity index (χ0) is 15.2. The highest BCUT2D eigenvalue weighted by Gasteiger charge is 2.23. The van der Waals surface area contributed by atoms with Gasteiger partial charge >= 0.3 is 0 Å². The number of benzene rings is 1. The van der Waals surface area contributed by atoms with Crippen molar-refractivity contribution in [3.05, 3.63) is 28.8 Å². The van der Waals surface area contributed by atoms with Gasteiger partial charge in [0.25, 0.3) is 0 Å². The molecule has 3 nitrogen and oxygen atoms in total. The number of hydrogen-bond acceptors (Lipinski definition) is 3. The molecule has 1 aliphatic heterocycles. The van der Waals surface area contributed by atoms with Gasteiger partial charge in [0, 0.05) is 36.4 Å². The van der Waals surface area contributed by atoms with Crippen LogP contribution in [0.25, 0.3) is 0 Å². The molecule has 1 aromatic carbocycles. The third-order valence-corrected chi connectivity index (χ3v) is 4.56. The molecule has 2 atom stereocenters. The van der Waals surface area contributed by atoms with Gasteiger partial charge in [0.1, 0.15) is 0 Å². The predicted molar refractivity (Wildman–Crippen MR) is 90.3 cm³/mol. The van der Waals surface area contributed by atoms with Gasteiger partial charge in [0.05, 0.1) is 6.10 Å². The maximum Gasteiger partial charge on any atom is 0.0750 e. The fourth-order valence-electron chi connectivity index (χ4n) is 2.98. The molecule has 1 fully saturated rings. The van der Waals surface area contributed by atoms with Crippen LogP contribution < -0.4 is 10.6 Å². The molecule has 2 N–H and O–H groups in total. The first-order valence-electron chi connectivity index (χ1n) is 8.05. The van der Waals surface area contributed by atoms with Gasteiger partial charge in [-0.1, -0.05) is 24.6 Å². The minimum atomic E-state index is 0.163. The van der Waals surface area contributed by atoms with Crippen LogP contribution in [0.4, 0.5) is 5.69 Å². The van der Waals surface area contributed by atoms with Crippen LogP contribution in [0.3, 0.4) is 0 Å². The smallest absolute Gasteiger partial charge is 0.0750 e. The van der Waals surface area contributed by atoms with Crippen molar-refractivity contribution in [2.24, 2.45) is 5.73 Å². The number of halogens is 1. The Morgan fingerprint density at radius 2 is 2.24 bits per heavy atom. The van der Waals surface area contributed by atoms with E-state index in [2.05, 4.69) is 24.8 Å². The van der Waals surface area contributed by atoms with Gasteiger partial charge in [-0.3, -0.25) is 0 Å². The number of rotatable bonds is 6. The summed E-state index contributed by atoms with van der Waals surface area (Å²) in [5.41, 5.74) is 8.56. The monoisotopic (exact) mass is 310 g/mol. The highest BCUT2D eigenvalue weighted by Crippen LogP contribution is 2.31. The average molecular weight is 311 g/mol. The largest absolute Gasteiger partial charge is 0.377 e. The van der Waals surface area contributed by atoms with Gasteiger partial charge < -0.3 is 15.4 Å². The van der Waals surface area contributed by atoms with Gasteiger partial charge in [-0.25, -0.2) is 0 Å². The summed E-state index contributed by atoms with van der Waals surface area (Å²) in [7, 11) is 0. The van der Waals surface area contributed by atoms with Crippen molar-refractivity contribution < 1.29 is 4.74 Å². The van der Waals surface area contributed by atoms with E-state index in [0.29, 0.717) is 6.10 Å². The van der Waals surface area contributed by atoms with Crippen LogP contribution in [0.15, 0.2) is 18.2 Å². The molecule has 0 bridgehead atoms. The van der Waals surface area contributed by atoms with Crippen LogP contribution in [-0.4, -0.2) is 31.8 Å². The molecule has 118 valence electrons. The predicted octanol–water partition coefficient (Wildman–Crippen LogP) is 3.63. The molecule has 21 heavy (non-hydrogen) atoms. The third-order valence-electron chi connectivity index (χ3n) is 4.21. The Morgan fingerprint density at radius 1 is 1.43 bits per heavy atom. The van der Waals surface area contributed by atoms with Gasteiger partial charge in [-0.15, -0.1) is 0 Å². The first kappa shape index (κ1) is 16.6. The molecule has 1 aliphatic rings. The third kappa shape index (κ3) is 4.35. The first-order chi connectivity index (χ1) is 10.2. The van der Waals surface area contributed by atoms with Crippen molar-refractivity contribution in [2.45, 2.75) is 51.7 Å². The van der Waals surface area contributed by atoms with Crippen LogP contribution in [0, 0.1) is 0 Å². The van der Waals surface area contributed by atoms with Gasteiger partial charge in [0.15, 0.2) is 0 Å². The molecule has 2 rings (SSSR count). The molecule has 0 amide bonds. The number of piperidine rings is 1. The number of ether oxygens (including phenoxy) is 1. The van der Waals surface area contributed by atoms with Crippen molar-refractivity contribution in [3.63, 3.8) is 0 Å². The number of nitrogens with two attached hydrogens (primary N) is 1. The van der Waals surface area contributed by atoms with E-state index in [0.717, 1.165) is 50.4 Å². The number of anilines is 1. The minimum Gasteiger partial charge on any atom is -0.377 e. The molecule has 4 heteroatoms. The van der Waals surface area contributed by atoms with E-state index in [9.17, 15) is 0 Å². The first-order valence-corrected chi connectivity index (χ1v) is 8.43. The number of hydrogen-bond donors (Lipinski definition) is 1. The maximum absolute atomic E-state index is 6.43. The summed E-state index contributed by atoms with van der Waals surface area (Å²) in [6, 6.07) is 6.32. The van der Waals surface area contributed by atoms with E-state index in [1.165, 1.54) is 11.3 Å². The van der Waals surface area contributed by atoms with Gasteiger partial charge in [-0.2, -0.15) is 0 Å². The Labute approximate surface area is 133 Å². The van der Waals surface area contributed by atoms with Crippen LogP contribution in [-0.2, 0) is 11.2 Å². The van der Waals surface area contributed by atoms with Crippen LogP contribution in [0.1, 0.15) is 38.7 Å². The fourth-order valence-corrected chi connectivity index (χ4v) is 3.23. The van der Waals surface area contributed by atoms with E-state index in [-0.39, 0.29) is 6.04 Å². The summed E-state index contributed by atoms with van der Waals surface area (Å²) in [4.78, 5) is 2.41. The standard InChI is InChI=1S/C17H27ClN2O/c1-3-13(19)11-15-16(18)8-5-9-17(15)20-10-6-7-14(12-20)21-4-2/h5,8-9,13-14H,3-4,6-7,10-12,19H2,1-2H3. The summed E-state index contributed by atoms with van der Waals surface area (Å²) >= 11 is 6.43. The van der Waals surface area contributed by atoms with Gasteiger partial charge in [-0.05, 0) is 50.3 Å². The van der Waals surface area contributed by atoms with Crippen molar-refractivity contribution in [1.82, 2.24) is 0 Å². The normalized spacial score (nSPS) is 20.6. The van der Waals surface area contributed by atoms with Crippen LogP contribution in [0.2, 0.25) is 5.02 Å². The second-order valence-electron chi connectivity index (χ2n) is 5.78. The molecule has 2 unspecified atom stereocenters. The highest BCUT2D eigenvalue weighted by molar-refractivity contribution is 6.31. The van der Waals surface area contributed by atoms with Crippen LogP contribution >= 0.6 is 11.6 Å². The average Bonchev–Trinajstić information content (AvgIpc) is 2.49. The molecular formula is C17H27ClN2O. The summed E-state index contributed by atoms with van der Waals surface area (Å²) in [5.74, 6) is 0. The molecule has 0 radical (unpaired) electrons. The SMILES string of the molecule is CCOC1CCCN(c2cccc(Cl)c2CC(N)CC)C1. The van der Waals surface area contributed by atoms with E-state index in [1.807, 2.05) is 12.1 Å². The lowest BCUT2D eigenvalue weighted by molar-refractivity contribution is 0.0526. The lowest BCUT2D eigenvalue weighted by Crippen LogP contribution is -2.40. The highest BCUT2D eigenvalue weighted by atomic mass is 35.5. The van der Waals surface area contributed by atoms with E-state index in [1.54, 1.807) is 0 Å². The quantitative estimate of drug-likeness (QED) is 0.872. The summed E-state index contributed by atoms with van der Waals surface area (Å²) in [6.07, 6.45) is 4.44. The fraction of sp³-hybridized carbons (Fsp3) is 0.647. The molecule has 1 heterocycles. The zero-order valence-corrected chi connectivity index (χ0v) is 13.9. The molecule has 0 aromatic heterocycles. The van der Waals surface area contributed by atoms with Crippen molar-refractivity contribution in [2.75, 3.05) is 24.6 Å². The van der Waals surface area contributed by atoms with Crippen molar-refractivity contribution >= 4 is 17.3 Å². The lowest BCUT2D eigenvalue weighted by atomic mass is 10.00. The minimum absolute atomic E-state index is 0.163. The summed E-state index contributed by atoms with van der Waals surface area (Å²) in [5, 5.41) is 0.829. The molecule has 0 saturated carbocycles. The van der Waals surface area contributed by atoms with Gasteiger partial charge in [0.2, 0.25) is 0 Å². The molecule has 0 spiro atoms. The Hall–Kier alpha value is -0.770. The topological polar surface area (TPSA) is 38.5 Å². The van der Waals surface area contributed by atoms with E-state index >= 15 is 0 Å².